The number of carbonyl (C=O) groups excluding carboxylic acids is 1. The first-order chi connectivity index (χ1) is 9.85. The number of carbonyl (C=O) groups is 2. The highest BCUT2D eigenvalue weighted by Crippen LogP contribution is 2.31. The first kappa shape index (κ1) is 15.2. The molecule has 0 atom stereocenters. The summed E-state index contributed by atoms with van der Waals surface area (Å²) in [6, 6.07) is 1.06. The van der Waals surface area contributed by atoms with Gasteiger partial charge in [-0.2, -0.15) is 0 Å². The van der Waals surface area contributed by atoms with Gasteiger partial charge in [-0.05, 0) is 18.9 Å². The van der Waals surface area contributed by atoms with Crippen molar-refractivity contribution in [3.05, 3.63) is 33.1 Å². The predicted molar refractivity (Wildman–Crippen MR) is 72.2 cm³/mol. The topological polar surface area (TPSA) is 122 Å². The lowest BCUT2D eigenvalue weighted by Crippen LogP contribution is -2.52. The molecule has 0 bridgehead atoms. The second-order valence-electron chi connectivity index (χ2n) is 4.83. The van der Waals surface area contributed by atoms with E-state index in [0.717, 1.165) is 12.3 Å². The quantitative estimate of drug-likeness (QED) is 0.496. The van der Waals surface area contributed by atoms with Crippen molar-refractivity contribution in [3.8, 4) is 0 Å². The second-order valence-corrected chi connectivity index (χ2v) is 5.22. The molecule has 1 aromatic rings. The van der Waals surface area contributed by atoms with Crippen LogP contribution in [0.4, 0.5) is 5.69 Å². The number of carboxylic acid groups (broad SMARTS) is 1. The van der Waals surface area contributed by atoms with E-state index in [4.69, 9.17) is 11.6 Å². The number of rotatable bonds is 4. The van der Waals surface area contributed by atoms with Crippen LogP contribution in [0.15, 0.2) is 12.3 Å². The van der Waals surface area contributed by atoms with Gasteiger partial charge in [-0.3, -0.25) is 14.9 Å². The van der Waals surface area contributed by atoms with Crippen molar-refractivity contribution >= 4 is 29.2 Å². The minimum atomic E-state index is -1.37. The number of hydrogen-bond donors (Lipinski definition) is 2. The van der Waals surface area contributed by atoms with E-state index in [1.807, 2.05) is 0 Å². The summed E-state index contributed by atoms with van der Waals surface area (Å²) in [4.78, 5) is 37.3. The Bertz CT molecular complexity index is 613. The van der Waals surface area contributed by atoms with Crippen molar-refractivity contribution in [2.24, 2.45) is 0 Å². The third-order valence-electron chi connectivity index (χ3n) is 3.51. The van der Waals surface area contributed by atoms with Crippen LogP contribution in [0.2, 0.25) is 5.15 Å². The SMILES string of the molecule is O=C(NC1(C(=O)O)CCCC1)c1cc(Cl)ncc1[N+](=O)[O-]. The average Bonchev–Trinajstić information content (AvgIpc) is 2.88. The minimum absolute atomic E-state index is 0.0819. The Labute approximate surface area is 124 Å². The third kappa shape index (κ3) is 2.94. The Balaban J connectivity index is 2.34. The molecule has 0 aliphatic heterocycles. The summed E-state index contributed by atoms with van der Waals surface area (Å²) in [5.74, 6) is -1.98. The third-order valence-corrected chi connectivity index (χ3v) is 3.72. The maximum atomic E-state index is 12.2. The largest absolute Gasteiger partial charge is 0.480 e. The molecule has 0 unspecified atom stereocenters. The highest BCUT2D eigenvalue weighted by molar-refractivity contribution is 6.29. The molecular formula is C12H12ClN3O5. The van der Waals surface area contributed by atoms with Crippen molar-refractivity contribution in [3.63, 3.8) is 0 Å². The molecule has 21 heavy (non-hydrogen) atoms. The van der Waals surface area contributed by atoms with Crippen LogP contribution < -0.4 is 5.32 Å². The van der Waals surface area contributed by atoms with E-state index in [1.165, 1.54) is 0 Å². The van der Waals surface area contributed by atoms with Gasteiger partial charge in [0.25, 0.3) is 11.6 Å². The summed E-state index contributed by atoms with van der Waals surface area (Å²) in [6.07, 6.45) is 2.80. The highest BCUT2D eigenvalue weighted by atomic mass is 35.5. The highest BCUT2D eigenvalue weighted by Gasteiger charge is 2.43. The van der Waals surface area contributed by atoms with Gasteiger partial charge in [0.05, 0.1) is 4.92 Å². The number of aromatic nitrogens is 1. The molecule has 8 nitrogen and oxygen atoms in total. The van der Waals surface area contributed by atoms with Crippen LogP contribution >= 0.6 is 11.6 Å². The van der Waals surface area contributed by atoms with Gasteiger partial charge in [-0.25, -0.2) is 9.78 Å². The van der Waals surface area contributed by atoms with Gasteiger partial charge in [0, 0.05) is 0 Å². The molecule has 1 aliphatic carbocycles. The van der Waals surface area contributed by atoms with Gasteiger partial charge < -0.3 is 10.4 Å². The van der Waals surface area contributed by atoms with Gasteiger partial charge in [-0.15, -0.1) is 0 Å². The summed E-state index contributed by atoms with van der Waals surface area (Å²) < 4.78 is 0. The van der Waals surface area contributed by atoms with Crippen molar-refractivity contribution in [2.75, 3.05) is 0 Å². The van der Waals surface area contributed by atoms with Crippen LogP contribution in [0.1, 0.15) is 36.0 Å². The standard InChI is InChI=1S/C12H12ClN3O5/c13-9-5-7(8(6-14-9)16(20)21)10(17)15-12(11(18)19)3-1-2-4-12/h5-6H,1-4H2,(H,15,17)(H,18,19). The fourth-order valence-electron chi connectivity index (χ4n) is 2.41. The lowest BCUT2D eigenvalue weighted by atomic mass is 9.97. The van der Waals surface area contributed by atoms with Crippen LogP contribution in [0.5, 0.6) is 0 Å². The smallest absolute Gasteiger partial charge is 0.329 e. The molecule has 2 N–H and O–H groups in total. The van der Waals surface area contributed by atoms with Gasteiger partial charge in [0.15, 0.2) is 0 Å². The molecule has 1 saturated carbocycles. The molecule has 2 rings (SSSR count). The Morgan fingerprint density at radius 3 is 2.57 bits per heavy atom. The molecule has 0 radical (unpaired) electrons. The van der Waals surface area contributed by atoms with Gasteiger partial charge in [-0.1, -0.05) is 24.4 Å². The van der Waals surface area contributed by atoms with Crippen molar-refractivity contribution in [1.82, 2.24) is 10.3 Å². The Morgan fingerprint density at radius 2 is 2.05 bits per heavy atom. The normalized spacial score (nSPS) is 16.4. The van der Waals surface area contributed by atoms with E-state index >= 15 is 0 Å². The fraction of sp³-hybridized carbons (Fsp3) is 0.417. The van der Waals surface area contributed by atoms with E-state index in [1.54, 1.807) is 0 Å². The maximum absolute atomic E-state index is 12.2. The molecule has 1 aliphatic rings. The van der Waals surface area contributed by atoms with E-state index in [2.05, 4.69) is 10.3 Å². The lowest BCUT2D eigenvalue weighted by molar-refractivity contribution is -0.385. The number of pyridine rings is 1. The number of nitrogens with one attached hydrogen (secondary N) is 1. The Hall–Kier alpha value is -2.22. The Morgan fingerprint density at radius 1 is 1.43 bits per heavy atom. The minimum Gasteiger partial charge on any atom is -0.480 e. The summed E-state index contributed by atoms with van der Waals surface area (Å²) in [5, 5.41) is 22.5. The average molecular weight is 314 g/mol. The van der Waals surface area contributed by atoms with Gasteiger partial charge >= 0.3 is 5.97 Å². The zero-order chi connectivity index (χ0) is 15.6. The number of amides is 1. The van der Waals surface area contributed by atoms with E-state index in [-0.39, 0.29) is 10.7 Å². The molecule has 1 amide bonds. The fourth-order valence-corrected chi connectivity index (χ4v) is 2.56. The number of nitro groups is 1. The van der Waals surface area contributed by atoms with Gasteiger partial charge in [0.1, 0.15) is 22.5 Å². The molecule has 0 saturated heterocycles. The molecule has 1 aromatic heterocycles. The maximum Gasteiger partial charge on any atom is 0.329 e. The molecule has 1 heterocycles. The van der Waals surface area contributed by atoms with Crippen LogP contribution in [0.3, 0.4) is 0 Å². The van der Waals surface area contributed by atoms with Crippen LogP contribution in [0, 0.1) is 10.1 Å². The first-order valence-corrected chi connectivity index (χ1v) is 6.59. The molecule has 0 spiro atoms. The lowest BCUT2D eigenvalue weighted by Gasteiger charge is -2.25. The van der Waals surface area contributed by atoms with E-state index < -0.39 is 28.0 Å². The summed E-state index contributed by atoms with van der Waals surface area (Å²) in [6.45, 7) is 0. The van der Waals surface area contributed by atoms with Crippen molar-refractivity contribution in [1.29, 1.82) is 0 Å². The molecule has 112 valence electrons. The van der Waals surface area contributed by atoms with Gasteiger partial charge in [0.2, 0.25) is 0 Å². The molecule has 1 fully saturated rings. The summed E-state index contributed by atoms with van der Waals surface area (Å²) >= 11 is 5.65. The number of hydrogen-bond acceptors (Lipinski definition) is 5. The first-order valence-electron chi connectivity index (χ1n) is 6.21. The monoisotopic (exact) mass is 313 g/mol. The number of aliphatic carboxylic acids is 1. The summed E-state index contributed by atoms with van der Waals surface area (Å²) in [7, 11) is 0. The van der Waals surface area contributed by atoms with Crippen LogP contribution in [-0.4, -0.2) is 32.4 Å². The number of nitrogens with zero attached hydrogens (tertiary/aromatic N) is 2. The number of carboxylic acids is 1. The number of halogens is 1. The van der Waals surface area contributed by atoms with Crippen molar-refractivity contribution < 1.29 is 19.6 Å². The molecule has 0 aromatic carbocycles. The van der Waals surface area contributed by atoms with Crippen molar-refractivity contribution in [2.45, 2.75) is 31.2 Å². The summed E-state index contributed by atoms with van der Waals surface area (Å²) in [5.41, 5.74) is -2.19. The Kier molecular flexibility index (Phi) is 4.08. The van der Waals surface area contributed by atoms with E-state index in [9.17, 15) is 24.8 Å². The predicted octanol–water partition coefficient (Wildman–Crippen LogP) is 1.77. The van der Waals surface area contributed by atoms with Crippen LogP contribution in [-0.2, 0) is 4.79 Å². The second kappa shape index (κ2) is 5.65. The zero-order valence-electron chi connectivity index (χ0n) is 10.8. The molecule has 9 heteroatoms. The van der Waals surface area contributed by atoms with E-state index in [0.29, 0.717) is 25.7 Å². The zero-order valence-corrected chi connectivity index (χ0v) is 11.6. The van der Waals surface area contributed by atoms with Crippen LogP contribution in [0.25, 0.3) is 0 Å². The molecular weight excluding hydrogens is 302 g/mol.